The summed E-state index contributed by atoms with van der Waals surface area (Å²) in [6.45, 7) is -0.292. The van der Waals surface area contributed by atoms with Crippen LogP contribution < -0.4 is 5.73 Å². The normalized spacial score (nSPS) is 13.9. The number of halogens is 3. The minimum atomic E-state index is -4.30. The lowest BCUT2D eigenvalue weighted by atomic mass is 10.1. The lowest BCUT2D eigenvalue weighted by Gasteiger charge is -2.11. The van der Waals surface area contributed by atoms with Gasteiger partial charge in [0.05, 0.1) is 12.6 Å². The van der Waals surface area contributed by atoms with E-state index in [1.807, 2.05) is 0 Å². The van der Waals surface area contributed by atoms with E-state index in [2.05, 4.69) is 0 Å². The second-order valence-electron chi connectivity index (χ2n) is 2.91. The predicted octanol–water partition coefficient (Wildman–Crippen LogP) is 2.29. The summed E-state index contributed by atoms with van der Waals surface area (Å²) in [6.07, 6.45) is 0. The molecular weight excluding hydrogens is 227 g/mol. The van der Waals surface area contributed by atoms with Gasteiger partial charge in [-0.1, -0.05) is 12.1 Å². The fourth-order valence-electron chi connectivity index (χ4n) is 1.05. The zero-order chi connectivity index (χ0) is 11.5. The van der Waals surface area contributed by atoms with Crippen molar-refractivity contribution in [3.63, 3.8) is 0 Å². The predicted molar refractivity (Wildman–Crippen MR) is 52.4 cm³/mol. The van der Waals surface area contributed by atoms with Crippen molar-refractivity contribution in [3.05, 3.63) is 29.8 Å². The molecule has 0 spiro atoms. The van der Waals surface area contributed by atoms with Gasteiger partial charge in [-0.2, -0.15) is 13.2 Å². The summed E-state index contributed by atoms with van der Waals surface area (Å²) in [5.74, 6) is 0. The van der Waals surface area contributed by atoms with Crippen LogP contribution in [0.1, 0.15) is 11.6 Å². The van der Waals surface area contributed by atoms with E-state index in [1.54, 1.807) is 6.07 Å². The van der Waals surface area contributed by atoms with Crippen LogP contribution in [0.2, 0.25) is 0 Å². The maximum Gasteiger partial charge on any atom is 0.446 e. The van der Waals surface area contributed by atoms with Crippen LogP contribution in [-0.2, 0) is 0 Å². The number of hydrogen-bond acceptors (Lipinski definition) is 3. The Balaban J connectivity index is 2.83. The molecule has 15 heavy (non-hydrogen) atoms. The maximum absolute atomic E-state index is 12.0. The average Bonchev–Trinajstić information content (AvgIpc) is 2.14. The second-order valence-corrected chi connectivity index (χ2v) is 4.05. The van der Waals surface area contributed by atoms with Crippen LogP contribution in [0.4, 0.5) is 13.2 Å². The van der Waals surface area contributed by atoms with E-state index in [-0.39, 0.29) is 23.3 Å². The number of rotatable bonds is 3. The Morgan fingerprint density at radius 2 is 2.07 bits per heavy atom. The van der Waals surface area contributed by atoms with Crippen LogP contribution in [0.3, 0.4) is 0 Å². The first-order chi connectivity index (χ1) is 6.92. The molecule has 1 atom stereocenters. The molecule has 1 aromatic carbocycles. The van der Waals surface area contributed by atoms with Gasteiger partial charge in [0, 0.05) is 4.90 Å². The Morgan fingerprint density at radius 1 is 1.40 bits per heavy atom. The minimum Gasteiger partial charge on any atom is -0.394 e. The quantitative estimate of drug-likeness (QED) is 0.793. The molecule has 0 saturated heterocycles. The number of hydrogen-bond donors (Lipinski definition) is 2. The number of aliphatic hydroxyl groups excluding tert-OH is 1. The highest BCUT2D eigenvalue weighted by Gasteiger charge is 2.29. The Morgan fingerprint density at radius 3 is 2.60 bits per heavy atom. The second kappa shape index (κ2) is 4.87. The largest absolute Gasteiger partial charge is 0.446 e. The molecule has 1 rings (SSSR count). The first kappa shape index (κ1) is 12.4. The lowest BCUT2D eigenvalue weighted by Crippen LogP contribution is -2.14. The zero-order valence-electron chi connectivity index (χ0n) is 7.66. The summed E-state index contributed by atoms with van der Waals surface area (Å²) in [7, 11) is 0. The topological polar surface area (TPSA) is 46.2 Å². The van der Waals surface area contributed by atoms with Crippen molar-refractivity contribution in [1.82, 2.24) is 0 Å². The molecule has 1 unspecified atom stereocenters. The monoisotopic (exact) mass is 237 g/mol. The Labute approximate surface area is 89.3 Å². The molecule has 0 saturated carbocycles. The zero-order valence-corrected chi connectivity index (χ0v) is 8.48. The molecule has 0 aromatic heterocycles. The van der Waals surface area contributed by atoms with Crippen molar-refractivity contribution in [3.8, 4) is 0 Å². The average molecular weight is 237 g/mol. The highest BCUT2D eigenvalue weighted by molar-refractivity contribution is 8.00. The number of alkyl halides is 3. The third-order valence-electron chi connectivity index (χ3n) is 1.72. The van der Waals surface area contributed by atoms with Crippen LogP contribution in [-0.4, -0.2) is 17.2 Å². The van der Waals surface area contributed by atoms with Crippen LogP contribution in [0.5, 0.6) is 0 Å². The first-order valence-electron chi connectivity index (χ1n) is 4.14. The third kappa shape index (κ3) is 4.11. The van der Waals surface area contributed by atoms with Crippen LogP contribution >= 0.6 is 11.8 Å². The van der Waals surface area contributed by atoms with Crippen LogP contribution in [0.25, 0.3) is 0 Å². The van der Waals surface area contributed by atoms with Crippen molar-refractivity contribution < 1.29 is 18.3 Å². The molecule has 2 nitrogen and oxygen atoms in total. The molecule has 0 radical (unpaired) electrons. The van der Waals surface area contributed by atoms with Gasteiger partial charge in [0.15, 0.2) is 0 Å². The number of aliphatic hydroxyl groups is 1. The first-order valence-corrected chi connectivity index (χ1v) is 4.96. The van der Waals surface area contributed by atoms with E-state index in [0.717, 1.165) is 0 Å². The van der Waals surface area contributed by atoms with E-state index >= 15 is 0 Å². The summed E-state index contributed by atoms with van der Waals surface area (Å²) in [5.41, 5.74) is 1.68. The van der Waals surface area contributed by atoms with E-state index in [9.17, 15) is 13.2 Å². The van der Waals surface area contributed by atoms with E-state index in [4.69, 9.17) is 10.8 Å². The Kier molecular flexibility index (Phi) is 4.01. The van der Waals surface area contributed by atoms with Crippen LogP contribution in [0, 0.1) is 0 Å². The summed E-state index contributed by atoms with van der Waals surface area (Å²) < 4.78 is 36.1. The van der Waals surface area contributed by atoms with Gasteiger partial charge in [0.25, 0.3) is 0 Å². The molecule has 1 aromatic rings. The Hall–Kier alpha value is -0.720. The van der Waals surface area contributed by atoms with Crippen molar-refractivity contribution in [2.45, 2.75) is 16.4 Å². The molecule has 0 bridgehead atoms. The van der Waals surface area contributed by atoms with Crippen molar-refractivity contribution >= 4 is 11.8 Å². The maximum atomic E-state index is 12.0. The van der Waals surface area contributed by atoms with Gasteiger partial charge in [0.1, 0.15) is 0 Å². The van der Waals surface area contributed by atoms with Crippen LogP contribution in [0.15, 0.2) is 29.2 Å². The molecule has 0 heterocycles. The summed E-state index contributed by atoms with van der Waals surface area (Å²) in [4.78, 5) is 0.0731. The number of thioether (sulfide) groups is 1. The SMILES string of the molecule is NC(CO)c1cccc(SC(F)(F)F)c1. The molecule has 84 valence electrons. The molecule has 3 N–H and O–H groups in total. The van der Waals surface area contributed by atoms with Crippen molar-refractivity contribution in [1.29, 1.82) is 0 Å². The summed E-state index contributed by atoms with van der Waals surface area (Å²) >= 11 is -0.194. The fourth-order valence-corrected chi connectivity index (χ4v) is 1.66. The van der Waals surface area contributed by atoms with Gasteiger partial charge in [-0.15, -0.1) is 0 Å². The van der Waals surface area contributed by atoms with Gasteiger partial charge >= 0.3 is 5.51 Å². The fraction of sp³-hybridized carbons (Fsp3) is 0.333. The van der Waals surface area contributed by atoms with Crippen molar-refractivity contribution in [2.75, 3.05) is 6.61 Å². The lowest BCUT2D eigenvalue weighted by molar-refractivity contribution is -0.0328. The van der Waals surface area contributed by atoms with Gasteiger partial charge in [-0.05, 0) is 29.5 Å². The number of nitrogens with two attached hydrogens (primary N) is 1. The highest BCUT2D eigenvalue weighted by Crippen LogP contribution is 2.37. The molecule has 0 aliphatic carbocycles. The molecule has 0 aliphatic rings. The van der Waals surface area contributed by atoms with Gasteiger partial charge in [-0.25, -0.2) is 0 Å². The molecule has 0 amide bonds. The van der Waals surface area contributed by atoms with Crippen molar-refractivity contribution in [2.24, 2.45) is 5.73 Å². The number of benzene rings is 1. The molecular formula is C9H10F3NOS. The smallest absolute Gasteiger partial charge is 0.394 e. The summed E-state index contributed by atoms with van der Waals surface area (Å²) in [5, 5.41) is 8.76. The molecule has 0 aliphatic heterocycles. The van der Waals surface area contributed by atoms with Gasteiger partial charge < -0.3 is 10.8 Å². The Bertz CT molecular complexity index is 329. The van der Waals surface area contributed by atoms with E-state index in [0.29, 0.717) is 5.56 Å². The highest BCUT2D eigenvalue weighted by atomic mass is 32.2. The third-order valence-corrected chi connectivity index (χ3v) is 2.44. The standard InChI is InChI=1S/C9H10F3NOS/c10-9(11,12)15-7-3-1-2-6(4-7)8(13)5-14/h1-4,8,14H,5,13H2. The van der Waals surface area contributed by atoms with E-state index in [1.165, 1.54) is 18.2 Å². The van der Waals surface area contributed by atoms with Gasteiger partial charge in [-0.3, -0.25) is 0 Å². The summed E-state index contributed by atoms with van der Waals surface area (Å²) in [6, 6.07) is 5.11. The van der Waals surface area contributed by atoms with Gasteiger partial charge in [0.2, 0.25) is 0 Å². The molecule has 0 fully saturated rings. The van der Waals surface area contributed by atoms with E-state index < -0.39 is 11.6 Å². The minimum absolute atomic E-state index is 0.0731. The molecule has 6 heteroatoms.